The summed E-state index contributed by atoms with van der Waals surface area (Å²) in [6.07, 6.45) is -2.94. The number of aromatic nitrogens is 1. The Morgan fingerprint density at radius 3 is 2.48 bits per heavy atom. The molecule has 1 aliphatic rings. The number of sulfonamides is 1. The van der Waals surface area contributed by atoms with Crippen molar-refractivity contribution in [2.75, 3.05) is 0 Å². The maximum Gasteiger partial charge on any atom is 0.407 e. The minimum atomic E-state index is -4.58. The molecule has 9 heteroatoms. The molecule has 0 amide bonds. The van der Waals surface area contributed by atoms with Gasteiger partial charge in [0, 0.05) is 25.0 Å². The molecule has 0 radical (unpaired) electrons. The van der Waals surface area contributed by atoms with Gasteiger partial charge in [0.1, 0.15) is 5.54 Å². The minimum Gasteiger partial charge on any atom is -0.349 e. The largest absolute Gasteiger partial charge is 0.407 e. The summed E-state index contributed by atoms with van der Waals surface area (Å²) in [4.78, 5) is -0.174. The fraction of sp³-hybridized carbons (Fsp3) is 0.667. The monoisotopic (exact) mass is 325 g/mol. The fourth-order valence-corrected chi connectivity index (χ4v) is 3.69. The molecule has 1 aromatic rings. The first-order valence-electron chi connectivity index (χ1n) is 6.65. The standard InChI is InChI=1S/C12H18F3N3O2S/c1-2-5-18-8-10(6-9(18)7-16)21(19,20)17-11(3-4-11)12(13,14)15/h6,8,17H,2-5,7,16H2,1H3. The molecule has 0 atom stereocenters. The number of hydrogen-bond donors (Lipinski definition) is 2. The highest BCUT2D eigenvalue weighted by atomic mass is 32.2. The molecule has 1 aromatic heterocycles. The summed E-state index contributed by atoms with van der Waals surface area (Å²) in [7, 11) is -4.22. The lowest BCUT2D eigenvalue weighted by molar-refractivity contribution is -0.160. The molecule has 1 aliphatic carbocycles. The highest BCUT2D eigenvalue weighted by molar-refractivity contribution is 7.89. The number of nitrogens with zero attached hydrogens (tertiary/aromatic N) is 1. The normalized spacial score (nSPS) is 18.0. The molecular formula is C12H18F3N3O2S. The summed E-state index contributed by atoms with van der Waals surface area (Å²) < 4.78 is 66.3. The van der Waals surface area contributed by atoms with Gasteiger partial charge in [-0.1, -0.05) is 6.92 Å². The van der Waals surface area contributed by atoms with Gasteiger partial charge in [0.15, 0.2) is 0 Å². The minimum absolute atomic E-state index is 0.125. The molecule has 1 fully saturated rings. The summed E-state index contributed by atoms with van der Waals surface area (Å²) in [5.41, 5.74) is 3.80. The Labute approximate surface area is 121 Å². The molecular weight excluding hydrogens is 307 g/mol. The first kappa shape index (κ1) is 16.3. The van der Waals surface area contributed by atoms with Crippen LogP contribution in [0.5, 0.6) is 0 Å². The molecule has 21 heavy (non-hydrogen) atoms. The van der Waals surface area contributed by atoms with Crippen molar-refractivity contribution in [3.05, 3.63) is 18.0 Å². The third-order valence-corrected chi connectivity index (χ3v) is 5.07. The van der Waals surface area contributed by atoms with E-state index in [1.807, 2.05) is 6.92 Å². The molecule has 0 aliphatic heterocycles. The van der Waals surface area contributed by atoms with Crippen LogP contribution in [0.25, 0.3) is 0 Å². The molecule has 5 nitrogen and oxygen atoms in total. The van der Waals surface area contributed by atoms with Crippen molar-refractivity contribution >= 4 is 10.0 Å². The van der Waals surface area contributed by atoms with Crippen molar-refractivity contribution in [2.24, 2.45) is 5.73 Å². The average Bonchev–Trinajstić information content (AvgIpc) is 3.02. The topological polar surface area (TPSA) is 77.1 Å². The lowest BCUT2D eigenvalue weighted by Gasteiger charge is -2.20. The summed E-state index contributed by atoms with van der Waals surface area (Å²) in [5.74, 6) is 0. The van der Waals surface area contributed by atoms with E-state index in [0.29, 0.717) is 12.2 Å². The van der Waals surface area contributed by atoms with E-state index >= 15 is 0 Å². The predicted octanol–water partition coefficient (Wildman–Crippen LogP) is 1.73. The Hall–Kier alpha value is -1.06. The van der Waals surface area contributed by atoms with Crippen molar-refractivity contribution in [1.29, 1.82) is 0 Å². The van der Waals surface area contributed by atoms with E-state index in [4.69, 9.17) is 5.73 Å². The van der Waals surface area contributed by atoms with Gasteiger partial charge in [-0.2, -0.15) is 17.9 Å². The summed E-state index contributed by atoms with van der Waals surface area (Å²) in [6, 6.07) is 1.32. The number of halogens is 3. The Balaban J connectivity index is 2.28. The van der Waals surface area contributed by atoms with Crippen LogP contribution in [0.3, 0.4) is 0 Å². The molecule has 0 spiro atoms. The van der Waals surface area contributed by atoms with Crippen LogP contribution in [-0.4, -0.2) is 24.7 Å². The number of nitrogens with one attached hydrogen (secondary N) is 1. The fourth-order valence-electron chi connectivity index (χ4n) is 2.18. The number of aryl methyl sites for hydroxylation is 1. The van der Waals surface area contributed by atoms with Crippen LogP contribution in [0.2, 0.25) is 0 Å². The quantitative estimate of drug-likeness (QED) is 0.836. The van der Waals surface area contributed by atoms with Gasteiger partial charge in [-0.15, -0.1) is 0 Å². The van der Waals surface area contributed by atoms with Crippen LogP contribution in [0.4, 0.5) is 13.2 Å². The van der Waals surface area contributed by atoms with Gasteiger partial charge in [-0.3, -0.25) is 0 Å². The second-order valence-electron chi connectivity index (χ2n) is 5.25. The first-order valence-corrected chi connectivity index (χ1v) is 8.13. The number of alkyl halides is 3. The molecule has 120 valence electrons. The average molecular weight is 325 g/mol. The van der Waals surface area contributed by atoms with Crippen LogP contribution in [0, 0.1) is 0 Å². The number of hydrogen-bond acceptors (Lipinski definition) is 3. The molecule has 3 N–H and O–H groups in total. The van der Waals surface area contributed by atoms with Crippen molar-refractivity contribution in [2.45, 2.75) is 55.9 Å². The van der Waals surface area contributed by atoms with E-state index in [2.05, 4.69) is 0 Å². The number of nitrogens with two attached hydrogens (primary N) is 1. The molecule has 0 unspecified atom stereocenters. The van der Waals surface area contributed by atoms with Gasteiger partial charge in [-0.05, 0) is 25.3 Å². The second-order valence-corrected chi connectivity index (χ2v) is 6.93. The Morgan fingerprint density at radius 1 is 1.43 bits per heavy atom. The van der Waals surface area contributed by atoms with E-state index in [1.54, 1.807) is 9.29 Å². The van der Waals surface area contributed by atoms with E-state index < -0.39 is 21.7 Å². The third kappa shape index (κ3) is 3.09. The van der Waals surface area contributed by atoms with E-state index in [-0.39, 0.29) is 24.3 Å². The molecule has 0 saturated heterocycles. The molecule has 0 aromatic carbocycles. The van der Waals surface area contributed by atoms with Crippen LogP contribution in [-0.2, 0) is 23.1 Å². The Morgan fingerprint density at radius 2 is 2.05 bits per heavy atom. The lowest BCUT2D eigenvalue weighted by atomic mass is 10.3. The van der Waals surface area contributed by atoms with Crippen molar-refractivity contribution < 1.29 is 21.6 Å². The second kappa shape index (κ2) is 5.29. The molecule has 1 saturated carbocycles. The third-order valence-electron chi connectivity index (χ3n) is 3.57. The van der Waals surface area contributed by atoms with E-state index in [1.165, 1.54) is 12.3 Å². The SMILES string of the molecule is CCCn1cc(S(=O)(=O)NC2(C(F)(F)F)CC2)cc1CN. The zero-order valence-electron chi connectivity index (χ0n) is 11.6. The van der Waals surface area contributed by atoms with Gasteiger partial charge >= 0.3 is 6.18 Å². The summed E-state index contributed by atoms with van der Waals surface area (Å²) in [6.45, 7) is 2.60. The molecule has 1 heterocycles. The van der Waals surface area contributed by atoms with Crippen LogP contribution >= 0.6 is 0 Å². The molecule has 2 rings (SSSR count). The highest BCUT2D eigenvalue weighted by Crippen LogP contribution is 2.49. The predicted molar refractivity (Wildman–Crippen MR) is 71.0 cm³/mol. The first-order chi connectivity index (χ1) is 9.65. The maximum atomic E-state index is 12.9. The van der Waals surface area contributed by atoms with Gasteiger partial charge in [0.05, 0.1) is 4.90 Å². The Kier molecular flexibility index (Phi) is 4.11. The van der Waals surface area contributed by atoms with E-state index in [9.17, 15) is 21.6 Å². The summed E-state index contributed by atoms with van der Waals surface area (Å²) >= 11 is 0. The Bertz CT molecular complexity index is 618. The maximum absolute atomic E-state index is 12.9. The van der Waals surface area contributed by atoms with Crippen LogP contribution < -0.4 is 10.5 Å². The van der Waals surface area contributed by atoms with Crippen molar-refractivity contribution in [3.8, 4) is 0 Å². The van der Waals surface area contributed by atoms with Crippen molar-refractivity contribution in [1.82, 2.24) is 9.29 Å². The summed E-state index contributed by atoms with van der Waals surface area (Å²) in [5, 5.41) is 0. The van der Waals surface area contributed by atoms with Crippen molar-refractivity contribution in [3.63, 3.8) is 0 Å². The lowest BCUT2D eigenvalue weighted by Crippen LogP contribution is -2.47. The number of rotatable bonds is 6. The van der Waals surface area contributed by atoms with Crippen LogP contribution in [0.1, 0.15) is 31.9 Å². The van der Waals surface area contributed by atoms with Gasteiger partial charge in [0.25, 0.3) is 0 Å². The zero-order chi connectivity index (χ0) is 15.9. The highest BCUT2D eigenvalue weighted by Gasteiger charge is 2.65. The van der Waals surface area contributed by atoms with Gasteiger partial charge in [0.2, 0.25) is 10.0 Å². The van der Waals surface area contributed by atoms with Gasteiger partial charge in [-0.25, -0.2) is 8.42 Å². The van der Waals surface area contributed by atoms with Crippen LogP contribution in [0.15, 0.2) is 17.2 Å². The molecule has 0 bridgehead atoms. The van der Waals surface area contributed by atoms with Gasteiger partial charge < -0.3 is 10.3 Å². The smallest absolute Gasteiger partial charge is 0.349 e. The van der Waals surface area contributed by atoms with E-state index in [0.717, 1.165) is 6.42 Å². The zero-order valence-corrected chi connectivity index (χ0v) is 12.4.